The van der Waals surface area contributed by atoms with E-state index in [0.717, 1.165) is 17.7 Å². The lowest BCUT2D eigenvalue weighted by Gasteiger charge is -2.36. The lowest BCUT2D eigenvalue weighted by atomic mass is 9.71. The first-order valence-electron chi connectivity index (χ1n) is 10.9. The summed E-state index contributed by atoms with van der Waals surface area (Å²) in [4.78, 5) is 26.3. The van der Waals surface area contributed by atoms with Gasteiger partial charge in [0.25, 0.3) is 0 Å². The number of Topliss-reactive ketones (excluding diaryl/α,β-unsaturated/α-hetero) is 1. The van der Waals surface area contributed by atoms with E-state index in [2.05, 4.69) is 5.32 Å². The number of hydrogen-bond donors (Lipinski definition) is 1. The van der Waals surface area contributed by atoms with Crippen molar-refractivity contribution in [2.75, 3.05) is 6.61 Å². The summed E-state index contributed by atoms with van der Waals surface area (Å²) in [5.74, 6) is -2.56. The molecule has 2 aromatic carbocycles. The highest BCUT2D eigenvalue weighted by atomic mass is 19.4. The van der Waals surface area contributed by atoms with Gasteiger partial charge in [0.15, 0.2) is 5.78 Å². The monoisotopic (exact) mass is 473 g/mol. The van der Waals surface area contributed by atoms with E-state index in [1.165, 1.54) is 24.3 Å². The standard InChI is InChI=1S/C26H23F4NO3/c1-3-34-25(33)22-14(2)31-20-12-17(15-7-9-19(27)10-8-15)13-21(32)24(20)23(22)16-5-4-6-18(11-16)26(28,29)30/h4-11,17,23,31H,3,12-13H2,1-2H3/t17-,23+/m1/s1. The van der Waals surface area contributed by atoms with Crippen LogP contribution in [0.4, 0.5) is 17.6 Å². The van der Waals surface area contributed by atoms with Crippen molar-refractivity contribution in [3.05, 3.63) is 93.6 Å². The zero-order valence-corrected chi connectivity index (χ0v) is 18.6. The first-order valence-corrected chi connectivity index (χ1v) is 10.9. The molecule has 0 amide bonds. The highest BCUT2D eigenvalue weighted by Crippen LogP contribution is 2.46. The van der Waals surface area contributed by atoms with E-state index < -0.39 is 23.6 Å². The summed E-state index contributed by atoms with van der Waals surface area (Å²) in [6, 6.07) is 10.6. The summed E-state index contributed by atoms with van der Waals surface area (Å²) in [7, 11) is 0. The lowest BCUT2D eigenvalue weighted by Crippen LogP contribution is -2.36. The van der Waals surface area contributed by atoms with E-state index in [4.69, 9.17) is 4.74 Å². The second kappa shape index (κ2) is 9.08. The number of ketones is 1. The zero-order chi connectivity index (χ0) is 24.6. The number of esters is 1. The molecule has 0 unspecified atom stereocenters. The molecule has 0 radical (unpaired) electrons. The van der Waals surface area contributed by atoms with Gasteiger partial charge in [-0.2, -0.15) is 13.2 Å². The number of benzene rings is 2. The Morgan fingerprint density at radius 3 is 2.44 bits per heavy atom. The fourth-order valence-electron chi connectivity index (χ4n) is 4.72. The number of dihydropyridines is 1. The number of allylic oxidation sites excluding steroid dienone is 3. The van der Waals surface area contributed by atoms with Crippen LogP contribution >= 0.6 is 0 Å². The molecule has 1 aliphatic carbocycles. The third-order valence-electron chi connectivity index (χ3n) is 6.21. The zero-order valence-electron chi connectivity index (χ0n) is 18.6. The molecule has 0 saturated carbocycles. The number of hydrogen-bond acceptors (Lipinski definition) is 4. The van der Waals surface area contributed by atoms with Crippen molar-refractivity contribution in [1.29, 1.82) is 0 Å². The highest BCUT2D eigenvalue weighted by Gasteiger charge is 2.42. The summed E-state index contributed by atoms with van der Waals surface area (Å²) in [6.07, 6.45) is -4.08. The molecule has 2 aliphatic rings. The highest BCUT2D eigenvalue weighted by molar-refractivity contribution is 6.04. The van der Waals surface area contributed by atoms with Gasteiger partial charge < -0.3 is 10.1 Å². The second-order valence-corrected chi connectivity index (χ2v) is 8.41. The second-order valence-electron chi connectivity index (χ2n) is 8.41. The molecular formula is C26H23F4NO3. The van der Waals surface area contributed by atoms with Gasteiger partial charge in [0.05, 0.1) is 17.7 Å². The summed E-state index contributed by atoms with van der Waals surface area (Å²) < 4.78 is 58.9. The van der Waals surface area contributed by atoms with Crippen LogP contribution in [-0.4, -0.2) is 18.4 Å². The van der Waals surface area contributed by atoms with E-state index >= 15 is 0 Å². The average Bonchev–Trinajstić information content (AvgIpc) is 2.78. The number of halogens is 4. The van der Waals surface area contributed by atoms with Crippen LogP contribution in [0.25, 0.3) is 0 Å². The van der Waals surface area contributed by atoms with Crippen LogP contribution < -0.4 is 5.32 Å². The topological polar surface area (TPSA) is 55.4 Å². The van der Waals surface area contributed by atoms with Crippen LogP contribution in [-0.2, 0) is 20.5 Å². The molecule has 0 aromatic heterocycles. The maximum Gasteiger partial charge on any atom is 0.416 e. The molecule has 0 bridgehead atoms. The minimum atomic E-state index is -4.58. The van der Waals surface area contributed by atoms with E-state index in [1.807, 2.05) is 0 Å². The van der Waals surface area contributed by atoms with Gasteiger partial charge in [0.1, 0.15) is 5.82 Å². The van der Waals surface area contributed by atoms with Crippen molar-refractivity contribution in [2.24, 2.45) is 0 Å². The van der Waals surface area contributed by atoms with E-state index in [9.17, 15) is 27.2 Å². The molecule has 2 atom stereocenters. The maximum atomic E-state index is 13.4. The van der Waals surface area contributed by atoms with Gasteiger partial charge in [0.2, 0.25) is 0 Å². The Morgan fingerprint density at radius 1 is 1.09 bits per heavy atom. The Bertz CT molecular complexity index is 1200. The molecule has 8 heteroatoms. The Hall–Kier alpha value is -3.42. The first kappa shape index (κ1) is 23.7. The van der Waals surface area contributed by atoms with Gasteiger partial charge in [-0.1, -0.05) is 30.3 Å². The van der Waals surface area contributed by atoms with Crippen LogP contribution in [0.3, 0.4) is 0 Å². The van der Waals surface area contributed by atoms with Gasteiger partial charge in [-0.05, 0) is 55.5 Å². The first-order chi connectivity index (χ1) is 16.1. The van der Waals surface area contributed by atoms with E-state index in [0.29, 0.717) is 17.8 Å². The fourth-order valence-corrected chi connectivity index (χ4v) is 4.72. The Labute approximate surface area is 194 Å². The molecule has 34 heavy (non-hydrogen) atoms. The number of nitrogens with one attached hydrogen (secondary N) is 1. The molecule has 4 rings (SSSR count). The van der Waals surface area contributed by atoms with Gasteiger partial charge in [-0.3, -0.25) is 4.79 Å². The van der Waals surface area contributed by atoms with Crippen molar-refractivity contribution in [3.8, 4) is 0 Å². The van der Waals surface area contributed by atoms with Gasteiger partial charge in [-0.25, -0.2) is 9.18 Å². The van der Waals surface area contributed by atoms with E-state index in [-0.39, 0.29) is 47.3 Å². The van der Waals surface area contributed by atoms with Gasteiger partial charge >= 0.3 is 12.1 Å². The summed E-state index contributed by atoms with van der Waals surface area (Å²) in [6.45, 7) is 3.35. The predicted octanol–water partition coefficient (Wildman–Crippen LogP) is 5.77. The minimum absolute atomic E-state index is 0.0808. The van der Waals surface area contributed by atoms with Crippen molar-refractivity contribution in [2.45, 2.75) is 44.7 Å². The normalized spacial score (nSPS) is 20.7. The van der Waals surface area contributed by atoms with E-state index in [1.54, 1.807) is 26.0 Å². The van der Waals surface area contributed by atoms with Crippen LogP contribution in [0.1, 0.15) is 55.2 Å². The third kappa shape index (κ3) is 4.49. The predicted molar refractivity (Wildman–Crippen MR) is 117 cm³/mol. The summed E-state index contributed by atoms with van der Waals surface area (Å²) >= 11 is 0. The SMILES string of the molecule is CCOC(=O)C1=C(C)NC2=C(C(=O)C[C@H](c3ccc(F)cc3)C2)[C@H]1c1cccc(C(F)(F)F)c1. The molecule has 0 saturated heterocycles. The largest absolute Gasteiger partial charge is 0.463 e. The number of carbonyl (C=O) groups is 2. The van der Waals surface area contributed by atoms with Crippen molar-refractivity contribution < 1.29 is 31.9 Å². The molecule has 2 aromatic rings. The number of rotatable bonds is 4. The number of carbonyl (C=O) groups excluding carboxylic acids is 2. The molecule has 0 fully saturated rings. The summed E-state index contributed by atoms with van der Waals surface area (Å²) in [5, 5.41) is 3.14. The lowest BCUT2D eigenvalue weighted by molar-refractivity contribution is -0.139. The molecule has 178 valence electrons. The quantitative estimate of drug-likeness (QED) is 0.453. The van der Waals surface area contributed by atoms with Gasteiger partial charge in [-0.15, -0.1) is 0 Å². The summed E-state index contributed by atoms with van der Waals surface area (Å²) in [5.41, 5.74) is 1.49. The Kier molecular flexibility index (Phi) is 6.34. The smallest absolute Gasteiger partial charge is 0.416 e. The molecule has 1 heterocycles. The van der Waals surface area contributed by atoms with Crippen molar-refractivity contribution in [3.63, 3.8) is 0 Å². The average molecular weight is 473 g/mol. The maximum absolute atomic E-state index is 13.4. The Balaban J connectivity index is 1.82. The number of ether oxygens (including phenoxy) is 1. The molecule has 0 spiro atoms. The van der Waals surface area contributed by atoms with Crippen LogP contribution in [0.5, 0.6) is 0 Å². The molecular weight excluding hydrogens is 450 g/mol. The van der Waals surface area contributed by atoms with Crippen molar-refractivity contribution in [1.82, 2.24) is 5.32 Å². The van der Waals surface area contributed by atoms with Gasteiger partial charge in [0, 0.05) is 29.3 Å². The molecule has 1 aliphatic heterocycles. The molecule has 4 nitrogen and oxygen atoms in total. The number of alkyl halides is 3. The van der Waals surface area contributed by atoms with Crippen molar-refractivity contribution >= 4 is 11.8 Å². The third-order valence-corrected chi connectivity index (χ3v) is 6.21. The Morgan fingerprint density at radius 2 is 1.79 bits per heavy atom. The fraction of sp³-hybridized carbons (Fsp3) is 0.308. The minimum Gasteiger partial charge on any atom is -0.463 e. The molecule has 1 N–H and O–H groups in total. The van der Waals surface area contributed by atoms with Crippen LogP contribution in [0.15, 0.2) is 71.1 Å². The van der Waals surface area contributed by atoms with Crippen LogP contribution in [0, 0.1) is 5.82 Å². The van der Waals surface area contributed by atoms with Crippen LogP contribution in [0.2, 0.25) is 0 Å².